The second-order valence-electron chi connectivity index (χ2n) is 5.40. The molecular weight excluding hydrogens is 208 g/mol. The van der Waals surface area contributed by atoms with Gasteiger partial charge < -0.3 is 10.6 Å². The molecule has 1 unspecified atom stereocenters. The van der Waals surface area contributed by atoms with E-state index in [-0.39, 0.29) is 6.04 Å². The monoisotopic (exact) mass is 232 g/mol. The van der Waals surface area contributed by atoms with E-state index in [1.165, 1.54) is 43.6 Å². The van der Waals surface area contributed by atoms with Gasteiger partial charge in [-0.3, -0.25) is 0 Å². The first-order valence-corrected chi connectivity index (χ1v) is 6.77. The topological polar surface area (TPSA) is 29.3 Å². The van der Waals surface area contributed by atoms with Gasteiger partial charge in [0, 0.05) is 24.8 Å². The lowest BCUT2D eigenvalue weighted by Gasteiger charge is -2.23. The zero-order valence-electron chi connectivity index (χ0n) is 11.0. The normalized spacial score (nSPS) is 23.2. The molecule has 2 atom stereocenters. The van der Waals surface area contributed by atoms with Crippen molar-refractivity contribution in [2.75, 3.05) is 18.0 Å². The first-order chi connectivity index (χ1) is 8.16. The Morgan fingerprint density at radius 2 is 1.88 bits per heavy atom. The summed E-state index contributed by atoms with van der Waals surface area (Å²) >= 11 is 0. The van der Waals surface area contributed by atoms with E-state index in [4.69, 9.17) is 5.73 Å². The Balaban J connectivity index is 2.06. The summed E-state index contributed by atoms with van der Waals surface area (Å²) in [5.41, 5.74) is 8.44. The second-order valence-corrected chi connectivity index (χ2v) is 5.40. The van der Waals surface area contributed by atoms with Crippen molar-refractivity contribution in [1.29, 1.82) is 0 Å². The van der Waals surface area contributed by atoms with E-state index in [2.05, 4.69) is 36.1 Å². The molecule has 0 saturated carbocycles. The minimum Gasteiger partial charge on any atom is -0.372 e. The predicted molar refractivity (Wildman–Crippen MR) is 74.3 cm³/mol. The van der Waals surface area contributed by atoms with Gasteiger partial charge in [0.15, 0.2) is 0 Å². The molecule has 1 aromatic carbocycles. The van der Waals surface area contributed by atoms with Crippen LogP contribution in [0.5, 0.6) is 0 Å². The summed E-state index contributed by atoms with van der Waals surface area (Å²) in [6.07, 6.45) is 4.00. The Hall–Kier alpha value is -1.02. The molecule has 1 saturated heterocycles. The summed E-state index contributed by atoms with van der Waals surface area (Å²) in [5.74, 6) is 0.878. The van der Waals surface area contributed by atoms with Gasteiger partial charge in [0.25, 0.3) is 0 Å². The van der Waals surface area contributed by atoms with Crippen LogP contribution in [-0.4, -0.2) is 13.1 Å². The van der Waals surface area contributed by atoms with Crippen molar-refractivity contribution >= 4 is 5.69 Å². The van der Waals surface area contributed by atoms with Gasteiger partial charge in [0.05, 0.1) is 0 Å². The maximum Gasteiger partial charge on any atom is 0.0366 e. The Morgan fingerprint density at radius 3 is 2.53 bits per heavy atom. The maximum absolute atomic E-state index is 5.87. The molecule has 1 aliphatic rings. The zero-order valence-corrected chi connectivity index (χ0v) is 11.0. The van der Waals surface area contributed by atoms with E-state index in [9.17, 15) is 0 Å². The predicted octanol–water partition coefficient (Wildman–Crippen LogP) is 3.33. The van der Waals surface area contributed by atoms with Gasteiger partial charge in [-0.2, -0.15) is 0 Å². The minimum absolute atomic E-state index is 0.133. The lowest BCUT2D eigenvalue weighted by atomic mass is 10.0. The number of anilines is 1. The average molecular weight is 232 g/mol. The maximum atomic E-state index is 5.87. The largest absolute Gasteiger partial charge is 0.372 e. The van der Waals surface area contributed by atoms with E-state index in [0.717, 1.165) is 5.92 Å². The van der Waals surface area contributed by atoms with Gasteiger partial charge in [-0.15, -0.1) is 0 Å². The van der Waals surface area contributed by atoms with Crippen LogP contribution < -0.4 is 10.6 Å². The fraction of sp³-hybridized carbons (Fsp3) is 0.600. The Labute approximate surface area is 105 Å². The van der Waals surface area contributed by atoms with Crippen molar-refractivity contribution in [2.24, 2.45) is 11.7 Å². The summed E-state index contributed by atoms with van der Waals surface area (Å²) < 4.78 is 0. The third-order valence-corrected chi connectivity index (χ3v) is 3.80. The van der Waals surface area contributed by atoms with Crippen LogP contribution in [0.3, 0.4) is 0 Å². The quantitative estimate of drug-likeness (QED) is 0.847. The molecule has 2 N–H and O–H groups in total. The van der Waals surface area contributed by atoms with Gasteiger partial charge in [0.2, 0.25) is 0 Å². The summed E-state index contributed by atoms with van der Waals surface area (Å²) in [4.78, 5) is 2.51. The van der Waals surface area contributed by atoms with Crippen LogP contribution in [-0.2, 0) is 0 Å². The molecule has 0 aromatic heterocycles. The molecular formula is C15H24N2. The Bertz CT molecular complexity index is 342. The molecule has 0 amide bonds. The first kappa shape index (κ1) is 12.4. The molecule has 17 heavy (non-hydrogen) atoms. The van der Waals surface area contributed by atoms with Gasteiger partial charge >= 0.3 is 0 Å². The molecule has 1 heterocycles. The number of nitrogens with zero attached hydrogens (tertiary/aromatic N) is 1. The van der Waals surface area contributed by atoms with E-state index < -0.39 is 0 Å². The number of hydrogen-bond donors (Lipinski definition) is 1. The van der Waals surface area contributed by atoms with E-state index >= 15 is 0 Å². The van der Waals surface area contributed by atoms with Crippen LogP contribution in [0.25, 0.3) is 0 Å². The molecule has 0 spiro atoms. The smallest absolute Gasteiger partial charge is 0.0366 e. The third-order valence-electron chi connectivity index (χ3n) is 3.80. The molecule has 0 bridgehead atoms. The lowest BCUT2D eigenvalue weighted by molar-refractivity contribution is 0.521. The lowest BCUT2D eigenvalue weighted by Crippen LogP contribution is -2.24. The summed E-state index contributed by atoms with van der Waals surface area (Å²) in [7, 11) is 0. The van der Waals surface area contributed by atoms with Crippen molar-refractivity contribution in [3.63, 3.8) is 0 Å². The SMILES string of the molecule is CC1CCCN(c2ccc([C@H](C)N)cc2)CC1. The van der Waals surface area contributed by atoms with E-state index in [1.807, 2.05) is 6.92 Å². The number of hydrogen-bond acceptors (Lipinski definition) is 2. The van der Waals surface area contributed by atoms with Crippen molar-refractivity contribution in [3.05, 3.63) is 29.8 Å². The van der Waals surface area contributed by atoms with Gasteiger partial charge in [0.1, 0.15) is 0 Å². The Kier molecular flexibility index (Phi) is 4.06. The standard InChI is InChI=1S/C15H24N2/c1-12-4-3-10-17(11-9-12)15-7-5-14(6-8-15)13(2)16/h5-8,12-13H,3-4,9-11,16H2,1-2H3/t12?,13-/m0/s1. The fourth-order valence-electron chi connectivity index (χ4n) is 2.51. The highest BCUT2D eigenvalue weighted by Gasteiger charge is 2.14. The highest BCUT2D eigenvalue weighted by atomic mass is 15.1. The summed E-state index contributed by atoms with van der Waals surface area (Å²) in [6.45, 7) is 6.78. The minimum atomic E-state index is 0.133. The van der Waals surface area contributed by atoms with Crippen LogP contribution >= 0.6 is 0 Å². The van der Waals surface area contributed by atoms with E-state index in [0.29, 0.717) is 0 Å². The molecule has 0 radical (unpaired) electrons. The fourth-order valence-corrected chi connectivity index (χ4v) is 2.51. The van der Waals surface area contributed by atoms with Gasteiger partial charge in [-0.1, -0.05) is 19.1 Å². The number of benzene rings is 1. The zero-order chi connectivity index (χ0) is 12.3. The molecule has 0 aliphatic carbocycles. The van der Waals surface area contributed by atoms with Crippen molar-refractivity contribution in [3.8, 4) is 0 Å². The summed E-state index contributed by atoms with van der Waals surface area (Å²) in [5, 5.41) is 0. The highest BCUT2D eigenvalue weighted by Crippen LogP contribution is 2.23. The van der Waals surface area contributed by atoms with Crippen molar-refractivity contribution in [1.82, 2.24) is 0 Å². The van der Waals surface area contributed by atoms with Crippen LogP contribution in [0, 0.1) is 5.92 Å². The third kappa shape index (κ3) is 3.22. The van der Waals surface area contributed by atoms with Crippen molar-refractivity contribution in [2.45, 2.75) is 39.2 Å². The molecule has 1 fully saturated rings. The molecule has 94 valence electrons. The van der Waals surface area contributed by atoms with E-state index in [1.54, 1.807) is 0 Å². The Morgan fingerprint density at radius 1 is 1.18 bits per heavy atom. The average Bonchev–Trinajstić information content (AvgIpc) is 2.54. The van der Waals surface area contributed by atoms with Crippen LogP contribution in [0.15, 0.2) is 24.3 Å². The molecule has 2 nitrogen and oxygen atoms in total. The second kappa shape index (κ2) is 5.54. The molecule has 1 aliphatic heterocycles. The van der Waals surface area contributed by atoms with Crippen LogP contribution in [0.2, 0.25) is 0 Å². The first-order valence-electron chi connectivity index (χ1n) is 6.77. The van der Waals surface area contributed by atoms with Crippen molar-refractivity contribution < 1.29 is 0 Å². The van der Waals surface area contributed by atoms with Crippen LogP contribution in [0.1, 0.15) is 44.7 Å². The number of rotatable bonds is 2. The molecule has 2 rings (SSSR count). The molecule has 1 aromatic rings. The van der Waals surface area contributed by atoms with Gasteiger partial charge in [-0.25, -0.2) is 0 Å². The van der Waals surface area contributed by atoms with Gasteiger partial charge in [-0.05, 0) is 49.8 Å². The molecule has 2 heteroatoms. The summed E-state index contributed by atoms with van der Waals surface area (Å²) in [6, 6.07) is 8.89. The van der Waals surface area contributed by atoms with Crippen LogP contribution in [0.4, 0.5) is 5.69 Å². The number of nitrogens with two attached hydrogens (primary N) is 1. The highest BCUT2D eigenvalue weighted by molar-refractivity contribution is 5.48.